The van der Waals surface area contributed by atoms with Crippen molar-refractivity contribution in [2.75, 3.05) is 0 Å². The van der Waals surface area contributed by atoms with Crippen LogP contribution in [0.2, 0.25) is 10.0 Å². The lowest BCUT2D eigenvalue weighted by atomic mass is 10.1. The number of rotatable bonds is 3. The second kappa shape index (κ2) is 4.64. The van der Waals surface area contributed by atoms with Crippen molar-refractivity contribution in [3.8, 4) is 0 Å². The number of hydrogen-bond acceptors (Lipinski definition) is 2. The first kappa shape index (κ1) is 11.3. The van der Waals surface area contributed by atoms with E-state index in [1.165, 1.54) is 0 Å². The Morgan fingerprint density at radius 3 is 2.71 bits per heavy atom. The van der Waals surface area contributed by atoms with Crippen molar-refractivity contribution >= 4 is 29.2 Å². The number of halogens is 2. The van der Waals surface area contributed by atoms with Crippen molar-refractivity contribution < 1.29 is 9.90 Å². The second-order valence-corrected chi connectivity index (χ2v) is 3.73. The molecular weight excluding hydrogens is 225 g/mol. The third-order valence-electron chi connectivity index (χ3n) is 1.76. The van der Waals surface area contributed by atoms with Crippen LogP contribution in [0.5, 0.6) is 0 Å². The van der Waals surface area contributed by atoms with Gasteiger partial charge in [-0.25, -0.2) is 0 Å². The molecule has 5 heteroatoms. The average Bonchev–Trinajstić information content (AvgIpc) is 2.11. The van der Waals surface area contributed by atoms with Gasteiger partial charge in [0, 0.05) is 10.0 Å². The topological polar surface area (TPSA) is 63.3 Å². The Kier molecular flexibility index (Phi) is 3.75. The van der Waals surface area contributed by atoms with E-state index >= 15 is 0 Å². The Morgan fingerprint density at radius 1 is 1.50 bits per heavy atom. The number of nitrogens with two attached hydrogens (primary N) is 1. The maximum absolute atomic E-state index is 10.5. The highest BCUT2D eigenvalue weighted by atomic mass is 35.5. The van der Waals surface area contributed by atoms with Crippen LogP contribution >= 0.6 is 23.2 Å². The van der Waals surface area contributed by atoms with E-state index < -0.39 is 12.0 Å². The average molecular weight is 234 g/mol. The first-order valence-corrected chi connectivity index (χ1v) is 4.68. The summed E-state index contributed by atoms with van der Waals surface area (Å²) in [5, 5.41) is 9.60. The largest absolute Gasteiger partial charge is 0.480 e. The van der Waals surface area contributed by atoms with Gasteiger partial charge in [-0.05, 0) is 30.2 Å². The quantitative estimate of drug-likeness (QED) is 0.839. The Bertz CT molecular complexity index is 355. The molecule has 1 rings (SSSR count). The summed E-state index contributed by atoms with van der Waals surface area (Å²) in [5.41, 5.74) is 6.01. The van der Waals surface area contributed by atoms with Crippen LogP contribution in [0.15, 0.2) is 18.2 Å². The Morgan fingerprint density at radius 2 is 2.14 bits per heavy atom. The molecule has 0 radical (unpaired) electrons. The van der Waals surface area contributed by atoms with Gasteiger partial charge in [0.25, 0.3) is 0 Å². The number of aliphatic carboxylic acids is 1. The first-order valence-electron chi connectivity index (χ1n) is 3.93. The predicted molar refractivity (Wildman–Crippen MR) is 55.8 cm³/mol. The highest BCUT2D eigenvalue weighted by molar-refractivity contribution is 6.33. The molecule has 3 N–H and O–H groups in total. The molecular formula is C9H9Cl2NO2. The van der Waals surface area contributed by atoms with Crippen LogP contribution in [-0.4, -0.2) is 17.1 Å². The second-order valence-electron chi connectivity index (χ2n) is 2.88. The molecule has 0 saturated carbocycles. The zero-order valence-corrected chi connectivity index (χ0v) is 8.72. The van der Waals surface area contributed by atoms with Crippen LogP contribution in [0.4, 0.5) is 0 Å². The molecule has 1 aromatic rings. The van der Waals surface area contributed by atoms with Gasteiger partial charge in [0.1, 0.15) is 6.04 Å². The van der Waals surface area contributed by atoms with E-state index in [0.29, 0.717) is 15.6 Å². The van der Waals surface area contributed by atoms with Gasteiger partial charge in [0.2, 0.25) is 0 Å². The molecule has 0 amide bonds. The van der Waals surface area contributed by atoms with Gasteiger partial charge in [-0.1, -0.05) is 23.2 Å². The summed E-state index contributed by atoms with van der Waals surface area (Å²) in [7, 11) is 0. The molecule has 0 heterocycles. The van der Waals surface area contributed by atoms with Crippen molar-refractivity contribution in [3.05, 3.63) is 33.8 Å². The van der Waals surface area contributed by atoms with E-state index in [9.17, 15) is 4.79 Å². The Labute approximate surface area is 91.4 Å². The number of benzene rings is 1. The smallest absolute Gasteiger partial charge is 0.320 e. The molecule has 0 bridgehead atoms. The fourth-order valence-electron chi connectivity index (χ4n) is 1.02. The minimum absolute atomic E-state index is 0.175. The molecule has 0 aliphatic carbocycles. The molecule has 1 aromatic carbocycles. The van der Waals surface area contributed by atoms with E-state index in [2.05, 4.69) is 0 Å². The maximum Gasteiger partial charge on any atom is 0.320 e. The molecule has 0 aliphatic rings. The van der Waals surface area contributed by atoms with Gasteiger partial charge in [-0.2, -0.15) is 0 Å². The summed E-state index contributed by atoms with van der Waals surface area (Å²) in [4.78, 5) is 10.5. The van der Waals surface area contributed by atoms with E-state index in [-0.39, 0.29) is 6.42 Å². The minimum Gasteiger partial charge on any atom is -0.480 e. The lowest BCUT2D eigenvalue weighted by Gasteiger charge is -2.08. The van der Waals surface area contributed by atoms with Gasteiger partial charge < -0.3 is 10.8 Å². The van der Waals surface area contributed by atoms with Crippen LogP contribution in [0.3, 0.4) is 0 Å². The molecule has 76 valence electrons. The highest BCUT2D eigenvalue weighted by Gasteiger charge is 2.14. The van der Waals surface area contributed by atoms with Crippen LogP contribution in [0.25, 0.3) is 0 Å². The van der Waals surface area contributed by atoms with E-state index in [4.69, 9.17) is 34.0 Å². The number of carboxylic acid groups (broad SMARTS) is 1. The highest BCUT2D eigenvalue weighted by Crippen LogP contribution is 2.21. The Hall–Kier alpha value is -0.770. The third-order valence-corrected chi connectivity index (χ3v) is 2.37. The molecule has 0 fully saturated rings. The molecule has 0 aliphatic heterocycles. The lowest BCUT2D eigenvalue weighted by Crippen LogP contribution is -2.32. The van der Waals surface area contributed by atoms with Gasteiger partial charge >= 0.3 is 5.97 Å². The van der Waals surface area contributed by atoms with Gasteiger partial charge in [0.15, 0.2) is 0 Å². The van der Waals surface area contributed by atoms with Crippen LogP contribution < -0.4 is 5.73 Å². The summed E-state index contributed by atoms with van der Waals surface area (Å²) >= 11 is 11.6. The normalized spacial score (nSPS) is 12.5. The summed E-state index contributed by atoms with van der Waals surface area (Å²) in [5.74, 6) is -1.05. The lowest BCUT2D eigenvalue weighted by molar-refractivity contribution is -0.138. The summed E-state index contributed by atoms with van der Waals surface area (Å²) in [6.07, 6.45) is 0.175. The van der Waals surface area contributed by atoms with Crippen LogP contribution in [0.1, 0.15) is 5.56 Å². The first-order chi connectivity index (χ1) is 6.50. The van der Waals surface area contributed by atoms with Crippen molar-refractivity contribution in [3.63, 3.8) is 0 Å². The zero-order chi connectivity index (χ0) is 10.7. The predicted octanol–water partition coefficient (Wildman–Crippen LogP) is 1.95. The Balaban J connectivity index is 2.85. The van der Waals surface area contributed by atoms with Crippen molar-refractivity contribution in [1.29, 1.82) is 0 Å². The van der Waals surface area contributed by atoms with Crippen molar-refractivity contribution in [2.24, 2.45) is 5.73 Å². The SMILES string of the molecule is NC(Cc1cc(Cl)ccc1Cl)C(=O)O. The molecule has 0 spiro atoms. The fraction of sp³-hybridized carbons (Fsp3) is 0.222. The van der Waals surface area contributed by atoms with E-state index in [0.717, 1.165) is 0 Å². The summed E-state index contributed by atoms with van der Waals surface area (Å²) < 4.78 is 0. The molecule has 3 nitrogen and oxygen atoms in total. The number of hydrogen-bond donors (Lipinski definition) is 2. The van der Waals surface area contributed by atoms with E-state index in [1.54, 1.807) is 18.2 Å². The van der Waals surface area contributed by atoms with Gasteiger partial charge in [-0.15, -0.1) is 0 Å². The number of carboxylic acids is 1. The molecule has 14 heavy (non-hydrogen) atoms. The summed E-state index contributed by atoms with van der Waals surface area (Å²) in [6, 6.07) is 3.92. The van der Waals surface area contributed by atoms with Gasteiger partial charge in [0.05, 0.1) is 0 Å². The van der Waals surface area contributed by atoms with Gasteiger partial charge in [-0.3, -0.25) is 4.79 Å². The zero-order valence-electron chi connectivity index (χ0n) is 7.21. The maximum atomic E-state index is 10.5. The standard InChI is InChI=1S/C9H9Cl2NO2/c10-6-1-2-7(11)5(3-6)4-8(12)9(13)14/h1-3,8H,4,12H2,(H,13,14). The molecule has 1 unspecified atom stereocenters. The monoisotopic (exact) mass is 233 g/mol. The van der Waals surface area contributed by atoms with Crippen molar-refractivity contribution in [1.82, 2.24) is 0 Å². The van der Waals surface area contributed by atoms with E-state index in [1.807, 2.05) is 0 Å². The molecule has 0 saturated heterocycles. The fourth-order valence-corrected chi connectivity index (χ4v) is 1.41. The van der Waals surface area contributed by atoms with Crippen molar-refractivity contribution in [2.45, 2.75) is 12.5 Å². The van der Waals surface area contributed by atoms with Crippen LogP contribution in [-0.2, 0) is 11.2 Å². The molecule has 0 aromatic heterocycles. The minimum atomic E-state index is -1.05. The molecule has 1 atom stereocenters. The number of carbonyl (C=O) groups is 1. The summed E-state index contributed by atoms with van der Waals surface area (Å²) in [6.45, 7) is 0. The van der Waals surface area contributed by atoms with Crippen LogP contribution in [0, 0.1) is 0 Å². The third kappa shape index (κ3) is 2.87.